The molecule has 0 spiro atoms. The summed E-state index contributed by atoms with van der Waals surface area (Å²) in [5, 5.41) is 0. The van der Waals surface area contributed by atoms with Crippen molar-refractivity contribution >= 4 is 5.97 Å². The van der Waals surface area contributed by atoms with Gasteiger partial charge in [0.15, 0.2) is 0 Å². The lowest BCUT2D eigenvalue weighted by atomic mass is 9.94. The van der Waals surface area contributed by atoms with Gasteiger partial charge >= 0.3 is 18.1 Å². The molecule has 0 aromatic heterocycles. The van der Waals surface area contributed by atoms with Crippen LogP contribution in [-0.2, 0) is 9.53 Å². The van der Waals surface area contributed by atoms with E-state index < -0.39 is 30.4 Å². The zero-order valence-corrected chi connectivity index (χ0v) is 14.6. The van der Waals surface area contributed by atoms with Crippen LogP contribution in [0.5, 0.6) is 0 Å². The lowest BCUT2D eigenvalue weighted by Crippen LogP contribution is -2.36. The second-order valence-electron chi connectivity index (χ2n) is 6.22. The highest BCUT2D eigenvalue weighted by Gasteiger charge is 2.56. The molecular weight excluding hydrogens is 331 g/mol. The van der Waals surface area contributed by atoms with Crippen molar-refractivity contribution in [1.82, 2.24) is 0 Å². The minimum absolute atomic E-state index is 0.00578. The van der Waals surface area contributed by atoms with Gasteiger partial charge in [0.2, 0.25) is 0 Å². The Labute approximate surface area is 141 Å². The lowest BCUT2D eigenvalue weighted by molar-refractivity contribution is -0.284. The second kappa shape index (κ2) is 11.6. The monoisotopic (exact) mass is 360 g/mol. The van der Waals surface area contributed by atoms with Crippen molar-refractivity contribution in [2.24, 2.45) is 5.92 Å². The van der Waals surface area contributed by atoms with Gasteiger partial charge in [-0.2, -0.15) is 22.0 Å². The highest BCUT2D eigenvalue weighted by Crippen LogP contribution is 2.39. The van der Waals surface area contributed by atoms with Crippen LogP contribution in [0.2, 0.25) is 0 Å². The number of ether oxygens (including phenoxy) is 1. The Morgan fingerprint density at radius 1 is 0.875 bits per heavy atom. The van der Waals surface area contributed by atoms with Crippen LogP contribution in [0.25, 0.3) is 0 Å². The molecule has 0 aliphatic rings. The Bertz CT molecular complexity index is 342. The largest absolute Gasteiger partial charge is 0.469 e. The second-order valence-corrected chi connectivity index (χ2v) is 6.22. The van der Waals surface area contributed by atoms with Gasteiger partial charge in [-0.1, -0.05) is 51.9 Å². The number of carbonyl (C=O) groups is 1. The molecule has 0 bridgehead atoms. The van der Waals surface area contributed by atoms with Crippen molar-refractivity contribution in [3.63, 3.8) is 0 Å². The number of hydrogen-bond donors (Lipinski definition) is 0. The van der Waals surface area contributed by atoms with Gasteiger partial charge in [-0.3, -0.25) is 4.79 Å². The fourth-order valence-electron chi connectivity index (χ4n) is 2.61. The van der Waals surface area contributed by atoms with Gasteiger partial charge in [0, 0.05) is 6.42 Å². The SMILES string of the molecule is CCCCCCCCCC(CCCC(F)(F)C(F)(F)F)C(=O)OC. The predicted molar refractivity (Wildman–Crippen MR) is 83.0 cm³/mol. The third-order valence-corrected chi connectivity index (χ3v) is 4.15. The standard InChI is InChI=1S/C17H29F5O2/c1-3-4-5-6-7-8-9-11-14(15(23)24-2)12-10-13-16(18,19)17(20,21)22/h14H,3-13H2,1-2H3. The molecule has 0 amide bonds. The fourth-order valence-corrected chi connectivity index (χ4v) is 2.61. The molecule has 24 heavy (non-hydrogen) atoms. The van der Waals surface area contributed by atoms with Gasteiger partial charge in [-0.25, -0.2) is 0 Å². The van der Waals surface area contributed by atoms with Crippen molar-refractivity contribution in [2.45, 2.75) is 89.7 Å². The van der Waals surface area contributed by atoms with Crippen LogP contribution in [0.15, 0.2) is 0 Å². The van der Waals surface area contributed by atoms with Gasteiger partial charge in [0.05, 0.1) is 13.0 Å². The summed E-state index contributed by atoms with van der Waals surface area (Å²) in [6.45, 7) is 2.13. The van der Waals surface area contributed by atoms with Crippen molar-refractivity contribution in [3.05, 3.63) is 0 Å². The fraction of sp³-hybridized carbons (Fsp3) is 0.941. The Kier molecular flexibility index (Phi) is 11.2. The summed E-state index contributed by atoms with van der Waals surface area (Å²) >= 11 is 0. The zero-order chi connectivity index (χ0) is 18.6. The first-order valence-electron chi connectivity index (χ1n) is 8.68. The van der Waals surface area contributed by atoms with Gasteiger partial charge in [0.1, 0.15) is 0 Å². The van der Waals surface area contributed by atoms with E-state index >= 15 is 0 Å². The van der Waals surface area contributed by atoms with Crippen LogP contribution >= 0.6 is 0 Å². The van der Waals surface area contributed by atoms with Crippen molar-refractivity contribution in [1.29, 1.82) is 0 Å². The molecule has 2 nitrogen and oxygen atoms in total. The average molecular weight is 360 g/mol. The molecule has 0 saturated heterocycles. The van der Waals surface area contributed by atoms with Crippen molar-refractivity contribution in [2.75, 3.05) is 7.11 Å². The number of alkyl halides is 5. The Morgan fingerprint density at radius 3 is 1.88 bits per heavy atom. The van der Waals surface area contributed by atoms with Crippen molar-refractivity contribution in [3.8, 4) is 0 Å². The molecule has 7 heteroatoms. The van der Waals surface area contributed by atoms with E-state index in [4.69, 9.17) is 0 Å². The van der Waals surface area contributed by atoms with Crippen LogP contribution in [0.3, 0.4) is 0 Å². The van der Waals surface area contributed by atoms with E-state index in [1.807, 2.05) is 0 Å². The Balaban J connectivity index is 4.13. The molecule has 0 fully saturated rings. The maximum absolute atomic E-state index is 12.9. The molecule has 0 N–H and O–H groups in total. The summed E-state index contributed by atoms with van der Waals surface area (Å²) < 4.78 is 66.7. The van der Waals surface area contributed by atoms with Gasteiger partial charge < -0.3 is 4.74 Å². The van der Waals surface area contributed by atoms with E-state index in [0.29, 0.717) is 6.42 Å². The Morgan fingerprint density at radius 2 is 1.38 bits per heavy atom. The maximum Gasteiger partial charge on any atom is 0.453 e. The number of halogens is 5. The summed E-state index contributed by atoms with van der Waals surface area (Å²) in [7, 11) is 1.20. The molecule has 1 atom stereocenters. The molecule has 0 saturated carbocycles. The highest BCUT2D eigenvalue weighted by atomic mass is 19.4. The Hall–Kier alpha value is -0.880. The number of rotatable bonds is 13. The van der Waals surface area contributed by atoms with E-state index in [-0.39, 0.29) is 12.8 Å². The van der Waals surface area contributed by atoms with E-state index in [2.05, 4.69) is 11.7 Å². The summed E-state index contributed by atoms with van der Waals surface area (Å²) in [5.41, 5.74) is 0. The quantitative estimate of drug-likeness (QED) is 0.219. The van der Waals surface area contributed by atoms with Crippen LogP contribution in [0, 0.1) is 5.92 Å². The van der Waals surface area contributed by atoms with Gasteiger partial charge in [-0.15, -0.1) is 0 Å². The van der Waals surface area contributed by atoms with E-state index in [1.54, 1.807) is 0 Å². The molecule has 0 rings (SSSR count). The van der Waals surface area contributed by atoms with Crippen LogP contribution in [0.4, 0.5) is 22.0 Å². The summed E-state index contributed by atoms with van der Waals surface area (Å²) in [6, 6.07) is 0. The first-order chi connectivity index (χ1) is 11.2. The maximum atomic E-state index is 12.9. The molecule has 0 radical (unpaired) electrons. The molecule has 0 heterocycles. The molecule has 0 aliphatic heterocycles. The first-order valence-corrected chi connectivity index (χ1v) is 8.68. The number of unbranched alkanes of at least 4 members (excludes halogenated alkanes) is 6. The topological polar surface area (TPSA) is 26.3 Å². The third kappa shape index (κ3) is 9.42. The summed E-state index contributed by atoms with van der Waals surface area (Å²) in [5.74, 6) is -5.83. The van der Waals surface area contributed by atoms with E-state index in [0.717, 1.165) is 32.1 Å². The first kappa shape index (κ1) is 23.1. The van der Waals surface area contributed by atoms with Gasteiger partial charge in [-0.05, 0) is 19.3 Å². The number of carbonyl (C=O) groups excluding carboxylic acids is 1. The zero-order valence-electron chi connectivity index (χ0n) is 14.6. The number of esters is 1. The summed E-state index contributed by atoms with van der Waals surface area (Å²) in [6.07, 6.45) is 0.642. The molecular formula is C17H29F5O2. The van der Waals surface area contributed by atoms with Crippen LogP contribution in [0.1, 0.15) is 77.6 Å². The highest BCUT2D eigenvalue weighted by molar-refractivity contribution is 5.72. The number of hydrogen-bond acceptors (Lipinski definition) is 2. The molecule has 0 aliphatic carbocycles. The van der Waals surface area contributed by atoms with Crippen LogP contribution < -0.4 is 0 Å². The van der Waals surface area contributed by atoms with Crippen LogP contribution in [-0.4, -0.2) is 25.2 Å². The summed E-state index contributed by atoms with van der Waals surface area (Å²) in [4.78, 5) is 11.6. The normalized spacial score (nSPS) is 13.8. The van der Waals surface area contributed by atoms with Gasteiger partial charge in [0.25, 0.3) is 0 Å². The average Bonchev–Trinajstić information content (AvgIpc) is 2.50. The minimum atomic E-state index is -5.54. The van der Waals surface area contributed by atoms with E-state index in [1.165, 1.54) is 20.0 Å². The smallest absolute Gasteiger partial charge is 0.453 e. The van der Waals surface area contributed by atoms with Crippen molar-refractivity contribution < 1.29 is 31.5 Å². The third-order valence-electron chi connectivity index (χ3n) is 4.15. The molecule has 1 unspecified atom stereocenters. The number of methoxy groups -OCH3 is 1. The van der Waals surface area contributed by atoms with E-state index in [9.17, 15) is 26.7 Å². The lowest BCUT2D eigenvalue weighted by Gasteiger charge is -2.20. The molecule has 0 aromatic carbocycles. The predicted octanol–water partition coefficient (Wildman–Crippen LogP) is 6.28. The minimum Gasteiger partial charge on any atom is -0.469 e. The molecule has 144 valence electrons. The molecule has 0 aromatic rings.